The predicted octanol–water partition coefficient (Wildman–Crippen LogP) is 2.29. The third kappa shape index (κ3) is 3.16. The van der Waals surface area contributed by atoms with Gasteiger partial charge in [-0.2, -0.15) is 0 Å². The number of piperidine rings is 1. The van der Waals surface area contributed by atoms with Gasteiger partial charge < -0.3 is 14.3 Å². The molecule has 19 heavy (non-hydrogen) atoms. The first-order valence-corrected chi connectivity index (χ1v) is 6.54. The zero-order chi connectivity index (χ0) is 14.0. The Morgan fingerprint density at radius 1 is 1.63 bits per heavy atom. The molecule has 1 aliphatic heterocycles. The Labute approximate surface area is 113 Å². The third-order valence-electron chi connectivity index (χ3n) is 3.86. The van der Waals surface area contributed by atoms with Crippen molar-refractivity contribution in [2.75, 3.05) is 20.2 Å². The lowest BCUT2D eigenvalue weighted by Crippen LogP contribution is -2.46. The highest BCUT2D eigenvalue weighted by Crippen LogP contribution is 2.26. The van der Waals surface area contributed by atoms with Gasteiger partial charge in [0.1, 0.15) is 5.76 Å². The number of methoxy groups -OCH3 is 1. The molecule has 106 valence electrons. The van der Waals surface area contributed by atoms with Gasteiger partial charge in [0.25, 0.3) is 0 Å². The number of carboxylic acid groups (broad SMARTS) is 1. The molecule has 0 spiro atoms. The van der Waals surface area contributed by atoms with Gasteiger partial charge in [0.15, 0.2) is 0 Å². The summed E-state index contributed by atoms with van der Waals surface area (Å²) in [5.41, 5.74) is 0.837. The van der Waals surface area contributed by atoms with E-state index in [2.05, 4.69) is 11.8 Å². The first-order chi connectivity index (χ1) is 8.93. The summed E-state index contributed by atoms with van der Waals surface area (Å²) in [5.74, 6) is -0.323. The van der Waals surface area contributed by atoms with E-state index in [1.165, 1.54) is 0 Å². The van der Waals surface area contributed by atoms with Gasteiger partial charge in [0.05, 0.1) is 5.60 Å². The standard InChI is InChI=1S/C14H21NO4/c1-10-11(7-12(19-10)13(16)17)8-15-6-4-5-14(2,9-15)18-3/h7H,4-6,8-9H2,1-3H3,(H,16,17). The molecule has 0 amide bonds. The molecule has 2 rings (SSSR count). The molecule has 0 bridgehead atoms. The summed E-state index contributed by atoms with van der Waals surface area (Å²) in [4.78, 5) is 13.2. The topological polar surface area (TPSA) is 62.9 Å². The van der Waals surface area contributed by atoms with E-state index >= 15 is 0 Å². The summed E-state index contributed by atoms with van der Waals surface area (Å²) >= 11 is 0. The Kier molecular flexibility index (Phi) is 3.96. The van der Waals surface area contributed by atoms with Crippen LogP contribution in [0.15, 0.2) is 10.5 Å². The van der Waals surface area contributed by atoms with Crippen molar-refractivity contribution in [3.63, 3.8) is 0 Å². The number of hydrogen-bond acceptors (Lipinski definition) is 4. The Morgan fingerprint density at radius 3 is 2.95 bits per heavy atom. The first-order valence-electron chi connectivity index (χ1n) is 6.54. The lowest BCUT2D eigenvalue weighted by atomic mass is 9.94. The van der Waals surface area contributed by atoms with Crippen molar-refractivity contribution in [2.24, 2.45) is 0 Å². The molecular weight excluding hydrogens is 246 g/mol. The van der Waals surface area contributed by atoms with Crippen molar-refractivity contribution in [3.05, 3.63) is 23.2 Å². The molecule has 0 aromatic carbocycles. The maximum atomic E-state index is 10.9. The normalized spacial score (nSPS) is 24.6. The van der Waals surface area contributed by atoms with Crippen LogP contribution in [0.5, 0.6) is 0 Å². The highest BCUT2D eigenvalue weighted by Gasteiger charge is 2.31. The van der Waals surface area contributed by atoms with E-state index in [4.69, 9.17) is 14.3 Å². The third-order valence-corrected chi connectivity index (χ3v) is 3.86. The van der Waals surface area contributed by atoms with Crippen LogP contribution in [-0.4, -0.2) is 41.8 Å². The molecule has 1 atom stereocenters. The molecule has 2 heterocycles. The molecule has 5 heteroatoms. The van der Waals surface area contributed by atoms with Gasteiger partial charge >= 0.3 is 5.97 Å². The van der Waals surface area contributed by atoms with E-state index < -0.39 is 5.97 Å². The van der Waals surface area contributed by atoms with Gasteiger partial charge in [-0.25, -0.2) is 4.79 Å². The second kappa shape index (κ2) is 5.35. The van der Waals surface area contributed by atoms with Crippen molar-refractivity contribution in [1.29, 1.82) is 0 Å². The van der Waals surface area contributed by atoms with Crippen molar-refractivity contribution in [1.82, 2.24) is 4.90 Å². The van der Waals surface area contributed by atoms with Gasteiger partial charge in [-0.1, -0.05) is 0 Å². The molecular formula is C14H21NO4. The summed E-state index contributed by atoms with van der Waals surface area (Å²) in [6.45, 7) is 6.50. The minimum Gasteiger partial charge on any atom is -0.475 e. The number of hydrogen-bond donors (Lipinski definition) is 1. The van der Waals surface area contributed by atoms with Crippen molar-refractivity contribution in [2.45, 2.75) is 38.8 Å². The second-order valence-electron chi connectivity index (χ2n) is 5.47. The smallest absolute Gasteiger partial charge is 0.371 e. The fourth-order valence-corrected chi connectivity index (χ4v) is 2.63. The van der Waals surface area contributed by atoms with Gasteiger partial charge in [-0.3, -0.25) is 4.90 Å². The summed E-state index contributed by atoms with van der Waals surface area (Å²) < 4.78 is 10.8. The number of furan rings is 1. The number of carbonyl (C=O) groups is 1. The zero-order valence-corrected chi connectivity index (χ0v) is 11.7. The van der Waals surface area contributed by atoms with Crippen molar-refractivity contribution >= 4 is 5.97 Å². The zero-order valence-electron chi connectivity index (χ0n) is 11.7. The lowest BCUT2D eigenvalue weighted by molar-refractivity contribution is -0.0527. The minimum atomic E-state index is -1.02. The molecule has 1 fully saturated rings. The van der Waals surface area contributed by atoms with Gasteiger partial charge in [-0.15, -0.1) is 0 Å². The predicted molar refractivity (Wildman–Crippen MR) is 70.3 cm³/mol. The number of aryl methyl sites for hydroxylation is 1. The van der Waals surface area contributed by atoms with Gasteiger partial charge in [0, 0.05) is 25.8 Å². The van der Waals surface area contributed by atoms with Crippen molar-refractivity contribution in [3.8, 4) is 0 Å². The van der Waals surface area contributed by atoms with Crippen LogP contribution in [0.1, 0.15) is 41.6 Å². The summed E-state index contributed by atoms with van der Waals surface area (Å²) in [5, 5.41) is 8.92. The first kappa shape index (κ1) is 14.1. The highest BCUT2D eigenvalue weighted by molar-refractivity contribution is 5.84. The molecule has 1 aliphatic rings. The van der Waals surface area contributed by atoms with Crippen LogP contribution in [0.4, 0.5) is 0 Å². The van der Waals surface area contributed by atoms with E-state index in [-0.39, 0.29) is 11.4 Å². The number of carboxylic acids is 1. The van der Waals surface area contributed by atoms with Gasteiger partial charge in [-0.05, 0) is 39.3 Å². The van der Waals surface area contributed by atoms with Crippen LogP contribution < -0.4 is 0 Å². The summed E-state index contributed by atoms with van der Waals surface area (Å²) in [6.07, 6.45) is 2.15. The SMILES string of the molecule is COC1(C)CCCN(Cc2cc(C(=O)O)oc2C)C1. The highest BCUT2D eigenvalue weighted by atomic mass is 16.5. The Balaban J connectivity index is 2.06. The van der Waals surface area contributed by atoms with Crippen LogP contribution in [0, 0.1) is 6.92 Å². The quantitative estimate of drug-likeness (QED) is 0.906. The Morgan fingerprint density at radius 2 is 2.37 bits per heavy atom. The van der Waals surface area contributed by atoms with Crippen LogP contribution in [0.25, 0.3) is 0 Å². The molecule has 0 radical (unpaired) electrons. The second-order valence-corrected chi connectivity index (χ2v) is 5.47. The summed E-state index contributed by atoms with van der Waals surface area (Å²) in [6, 6.07) is 1.62. The molecule has 1 saturated heterocycles. The average Bonchev–Trinajstić information content (AvgIpc) is 2.71. The van der Waals surface area contributed by atoms with E-state index in [9.17, 15) is 4.79 Å². The van der Waals surface area contributed by atoms with Crippen LogP contribution in [0.3, 0.4) is 0 Å². The van der Waals surface area contributed by atoms with E-state index in [1.807, 2.05) is 0 Å². The largest absolute Gasteiger partial charge is 0.475 e. The number of aromatic carboxylic acids is 1. The molecule has 1 aromatic heterocycles. The van der Waals surface area contributed by atoms with Crippen LogP contribution in [0.2, 0.25) is 0 Å². The minimum absolute atomic E-state index is 0.0130. The fourth-order valence-electron chi connectivity index (χ4n) is 2.63. The molecule has 1 unspecified atom stereocenters. The lowest BCUT2D eigenvalue weighted by Gasteiger charge is -2.39. The van der Waals surface area contributed by atoms with E-state index in [0.29, 0.717) is 12.3 Å². The number of likely N-dealkylation sites (tertiary alicyclic amines) is 1. The van der Waals surface area contributed by atoms with Crippen molar-refractivity contribution < 1.29 is 19.1 Å². The average molecular weight is 267 g/mol. The maximum absolute atomic E-state index is 10.9. The molecule has 5 nitrogen and oxygen atoms in total. The number of nitrogens with zero attached hydrogens (tertiary/aromatic N) is 1. The Hall–Kier alpha value is -1.33. The maximum Gasteiger partial charge on any atom is 0.371 e. The molecule has 1 aromatic rings. The number of rotatable bonds is 4. The monoisotopic (exact) mass is 267 g/mol. The van der Waals surface area contributed by atoms with Crippen LogP contribution in [-0.2, 0) is 11.3 Å². The number of ether oxygens (including phenoxy) is 1. The Bertz CT molecular complexity index is 468. The van der Waals surface area contributed by atoms with E-state index in [0.717, 1.165) is 31.5 Å². The molecule has 0 aliphatic carbocycles. The van der Waals surface area contributed by atoms with Crippen LogP contribution >= 0.6 is 0 Å². The van der Waals surface area contributed by atoms with E-state index in [1.54, 1.807) is 20.1 Å². The fraction of sp³-hybridized carbons (Fsp3) is 0.643. The van der Waals surface area contributed by atoms with Gasteiger partial charge in [0.2, 0.25) is 5.76 Å². The molecule has 1 N–H and O–H groups in total. The molecule has 0 saturated carbocycles. The summed E-state index contributed by atoms with van der Waals surface area (Å²) in [7, 11) is 1.75.